The molecule has 0 amide bonds. The molecule has 7 nitrogen and oxygen atoms in total. The molecule has 0 unspecified atom stereocenters. The third-order valence-electron chi connectivity index (χ3n) is 5.72. The molecule has 2 aromatic carbocycles. The molecule has 0 saturated heterocycles. The van der Waals surface area contributed by atoms with Gasteiger partial charge in [0.05, 0.1) is 20.0 Å². The van der Waals surface area contributed by atoms with Gasteiger partial charge < -0.3 is 14.0 Å². The normalized spacial score (nSPS) is 10.9. The summed E-state index contributed by atoms with van der Waals surface area (Å²) in [6, 6.07) is 17.3. The Labute approximate surface area is 197 Å². The van der Waals surface area contributed by atoms with Crippen molar-refractivity contribution in [3.05, 3.63) is 71.5 Å². The lowest BCUT2D eigenvalue weighted by atomic mass is 10.2. The summed E-state index contributed by atoms with van der Waals surface area (Å²) >= 11 is 1.38. The Morgan fingerprint density at radius 3 is 2.09 bits per heavy atom. The first-order chi connectivity index (χ1) is 15.9. The van der Waals surface area contributed by atoms with E-state index < -0.39 is 0 Å². The number of thioether (sulfide) groups is 1. The quantitative estimate of drug-likeness (QED) is 0.274. The lowest BCUT2D eigenvalue weighted by molar-refractivity contribution is 0.102. The van der Waals surface area contributed by atoms with Gasteiger partial charge in [-0.2, -0.15) is 0 Å². The van der Waals surface area contributed by atoms with Crippen LogP contribution in [0.15, 0.2) is 59.8 Å². The Morgan fingerprint density at radius 2 is 1.55 bits per heavy atom. The van der Waals surface area contributed by atoms with E-state index in [1.165, 1.54) is 11.8 Å². The minimum Gasteiger partial charge on any atom is -0.497 e. The van der Waals surface area contributed by atoms with Gasteiger partial charge in [-0.1, -0.05) is 11.8 Å². The van der Waals surface area contributed by atoms with E-state index in [-0.39, 0.29) is 11.5 Å². The van der Waals surface area contributed by atoms with Gasteiger partial charge in [0.1, 0.15) is 11.5 Å². The molecule has 170 valence electrons. The predicted molar refractivity (Wildman–Crippen MR) is 130 cm³/mol. The van der Waals surface area contributed by atoms with Gasteiger partial charge in [-0.25, -0.2) is 0 Å². The number of hydrogen-bond donors (Lipinski definition) is 0. The number of nitrogens with zero attached hydrogens (tertiary/aromatic N) is 4. The van der Waals surface area contributed by atoms with Crippen molar-refractivity contribution in [3.63, 3.8) is 0 Å². The molecule has 0 aliphatic rings. The molecule has 2 aromatic heterocycles. The molecule has 0 saturated carbocycles. The smallest absolute Gasteiger partial charge is 0.196 e. The summed E-state index contributed by atoms with van der Waals surface area (Å²) in [6.45, 7) is 3.96. The average molecular weight is 463 g/mol. The van der Waals surface area contributed by atoms with Crippen molar-refractivity contribution >= 4 is 17.5 Å². The molecule has 4 rings (SSSR count). The lowest BCUT2D eigenvalue weighted by Gasteiger charge is -2.11. The van der Waals surface area contributed by atoms with E-state index in [1.807, 2.05) is 84.6 Å². The highest BCUT2D eigenvalue weighted by atomic mass is 32.2. The first kappa shape index (κ1) is 22.7. The number of ether oxygens (including phenoxy) is 2. The number of benzene rings is 2. The minimum absolute atomic E-state index is 0.0662. The molecule has 0 aliphatic heterocycles. The number of ketones is 1. The first-order valence-corrected chi connectivity index (χ1v) is 11.4. The van der Waals surface area contributed by atoms with Crippen LogP contribution in [-0.4, -0.2) is 45.1 Å². The SMILES string of the molecule is COc1ccc(-c2nnc(SCC(=O)c3cc(C)n(C)c3C)n2-c2ccc(OC)cc2)cc1. The molecular formula is C25H26N4O3S. The van der Waals surface area contributed by atoms with Crippen molar-refractivity contribution in [3.8, 4) is 28.6 Å². The van der Waals surface area contributed by atoms with Crippen LogP contribution in [0.1, 0.15) is 21.7 Å². The molecule has 0 bridgehead atoms. The molecule has 4 aromatic rings. The van der Waals surface area contributed by atoms with Crippen molar-refractivity contribution in [2.45, 2.75) is 19.0 Å². The summed E-state index contributed by atoms with van der Waals surface area (Å²) in [5.74, 6) is 2.54. The third kappa shape index (κ3) is 4.52. The van der Waals surface area contributed by atoms with Crippen molar-refractivity contribution in [2.75, 3.05) is 20.0 Å². The summed E-state index contributed by atoms with van der Waals surface area (Å²) in [7, 11) is 5.24. The zero-order valence-electron chi connectivity index (χ0n) is 19.3. The van der Waals surface area contributed by atoms with E-state index in [2.05, 4.69) is 10.2 Å². The van der Waals surface area contributed by atoms with E-state index in [1.54, 1.807) is 14.2 Å². The Kier molecular flexibility index (Phi) is 6.55. The average Bonchev–Trinajstić information content (AvgIpc) is 3.39. The minimum atomic E-state index is 0.0662. The molecule has 33 heavy (non-hydrogen) atoms. The fourth-order valence-corrected chi connectivity index (χ4v) is 4.44. The number of aryl methyl sites for hydroxylation is 1. The Hall–Kier alpha value is -3.52. The molecule has 0 atom stereocenters. The molecule has 0 N–H and O–H groups in total. The van der Waals surface area contributed by atoms with Gasteiger partial charge in [0.15, 0.2) is 16.8 Å². The highest BCUT2D eigenvalue weighted by molar-refractivity contribution is 7.99. The molecule has 0 spiro atoms. The van der Waals surface area contributed by atoms with Crippen LogP contribution in [-0.2, 0) is 7.05 Å². The highest BCUT2D eigenvalue weighted by Gasteiger charge is 2.20. The van der Waals surface area contributed by atoms with Crippen molar-refractivity contribution in [1.29, 1.82) is 0 Å². The van der Waals surface area contributed by atoms with Crippen LogP contribution >= 0.6 is 11.8 Å². The number of hydrogen-bond acceptors (Lipinski definition) is 6. The van der Waals surface area contributed by atoms with Gasteiger partial charge in [-0.05, 0) is 68.4 Å². The first-order valence-electron chi connectivity index (χ1n) is 10.5. The molecule has 0 fully saturated rings. The fraction of sp³-hybridized carbons (Fsp3) is 0.240. The van der Waals surface area contributed by atoms with Gasteiger partial charge >= 0.3 is 0 Å². The third-order valence-corrected chi connectivity index (χ3v) is 6.65. The number of rotatable bonds is 8. The molecule has 0 radical (unpaired) electrons. The highest BCUT2D eigenvalue weighted by Crippen LogP contribution is 2.30. The van der Waals surface area contributed by atoms with Crippen LogP contribution < -0.4 is 9.47 Å². The molecule has 2 heterocycles. The Morgan fingerprint density at radius 1 is 0.939 bits per heavy atom. The lowest BCUT2D eigenvalue weighted by Crippen LogP contribution is -2.06. The van der Waals surface area contributed by atoms with Crippen molar-refractivity contribution < 1.29 is 14.3 Å². The zero-order valence-corrected chi connectivity index (χ0v) is 20.1. The van der Waals surface area contributed by atoms with Crippen LogP contribution in [0.4, 0.5) is 0 Å². The number of carbonyl (C=O) groups excluding carboxylic acids is 1. The summed E-state index contributed by atoms with van der Waals surface area (Å²) < 4.78 is 14.6. The fourth-order valence-electron chi connectivity index (χ4n) is 3.60. The number of methoxy groups -OCH3 is 2. The van der Waals surface area contributed by atoms with Gasteiger partial charge in [-0.15, -0.1) is 10.2 Å². The van der Waals surface area contributed by atoms with E-state index in [0.29, 0.717) is 11.0 Å². The Balaban J connectivity index is 1.68. The second-order valence-electron chi connectivity index (χ2n) is 7.62. The van der Waals surface area contributed by atoms with Gasteiger partial charge in [-0.3, -0.25) is 9.36 Å². The Bertz CT molecular complexity index is 1270. The van der Waals surface area contributed by atoms with E-state index in [0.717, 1.165) is 39.7 Å². The zero-order chi connectivity index (χ0) is 23.5. The maximum Gasteiger partial charge on any atom is 0.196 e. The summed E-state index contributed by atoms with van der Waals surface area (Å²) in [5, 5.41) is 9.52. The van der Waals surface area contributed by atoms with E-state index >= 15 is 0 Å². The standard InChI is InChI=1S/C25H26N4O3S/c1-16-14-22(17(2)28(16)3)23(30)15-33-25-27-26-24(18-6-10-20(31-4)11-7-18)29(25)19-8-12-21(32-5)13-9-19/h6-14H,15H2,1-5H3. The largest absolute Gasteiger partial charge is 0.497 e. The number of carbonyl (C=O) groups is 1. The monoisotopic (exact) mass is 462 g/mol. The maximum atomic E-state index is 13.0. The molecule has 8 heteroatoms. The molecular weight excluding hydrogens is 436 g/mol. The number of Topliss-reactive ketones (excluding diaryl/α,β-unsaturated/α-hetero) is 1. The summed E-state index contributed by atoms with van der Waals surface area (Å²) in [4.78, 5) is 13.0. The molecule has 0 aliphatic carbocycles. The van der Waals surface area contributed by atoms with Crippen LogP contribution in [0.5, 0.6) is 11.5 Å². The van der Waals surface area contributed by atoms with Crippen LogP contribution in [0, 0.1) is 13.8 Å². The van der Waals surface area contributed by atoms with E-state index in [4.69, 9.17) is 9.47 Å². The topological polar surface area (TPSA) is 71.2 Å². The predicted octanol–water partition coefficient (Wildman–Crippen LogP) is 4.88. The second kappa shape index (κ2) is 9.54. The van der Waals surface area contributed by atoms with Gasteiger partial charge in [0.25, 0.3) is 0 Å². The second-order valence-corrected chi connectivity index (χ2v) is 8.57. The van der Waals surface area contributed by atoms with Crippen molar-refractivity contribution in [1.82, 2.24) is 19.3 Å². The summed E-state index contributed by atoms with van der Waals surface area (Å²) in [5.41, 5.74) is 4.55. The van der Waals surface area contributed by atoms with E-state index in [9.17, 15) is 4.79 Å². The van der Waals surface area contributed by atoms with Crippen LogP contribution in [0.25, 0.3) is 17.1 Å². The number of aromatic nitrogens is 4. The maximum absolute atomic E-state index is 13.0. The summed E-state index contributed by atoms with van der Waals surface area (Å²) in [6.07, 6.45) is 0. The van der Waals surface area contributed by atoms with Crippen LogP contribution in [0.3, 0.4) is 0 Å². The van der Waals surface area contributed by atoms with Gasteiger partial charge in [0, 0.05) is 35.2 Å². The van der Waals surface area contributed by atoms with Crippen molar-refractivity contribution in [2.24, 2.45) is 7.05 Å². The van der Waals surface area contributed by atoms with Gasteiger partial charge in [0.2, 0.25) is 0 Å². The van der Waals surface area contributed by atoms with Crippen LogP contribution in [0.2, 0.25) is 0 Å².